The summed E-state index contributed by atoms with van der Waals surface area (Å²) in [6.07, 6.45) is 0.579. The molecule has 1 nitrogen and oxygen atoms in total. The van der Waals surface area contributed by atoms with Gasteiger partial charge in [-0.2, -0.15) is 0 Å². The quantitative estimate of drug-likeness (QED) is 0.648. The average Bonchev–Trinajstić information content (AvgIpc) is 2.85. The third-order valence-corrected chi connectivity index (χ3v) is 4.38. The molecule has 0 saturated carbocycles. The maximum Gasteiger partial charge on any atom is 0.126 e. The first-order valence-corrected chi connectivity index (χ1v) is 6.67. The van der Waals surface area contributed by atoms with Gasteiger partial charge in [0.2, 0.25) is 0 Å². The molecular weight excluding hydrogens is 245 g/mol. The number of halogens is 1. The van der Waals surface area contributed by atoms with Crippen molar-refractivity contribution in [3.05, 3.63) is 58.3 Å². The molecule has 0 unspecified atom stereocenters. The summed E-state index contributed by atoms with van der Waals surface area (Å²) < 4.78 is 24.7. The van der Waals surface area contributed by atoms with Gasteiger partial charge in [0.1, 0.15) is 5.82 Å². The Kier molecular flexibility index (Phi) is 2.44. The van der Waals surface area contributed by atoms with Gasteiger partial charge in [-0.3, -0.25) is 0 Å². The first-order valence-electron chi connectivity index (χ1n) is 6.35. The molecule has 0 atom stereocenters. The van der Waals surface area contributed by atoms with Crippen LogP contribution in [0.2, 0.25) is 0 Å². The third-order valence-electron chi connectivity index (χ3n) is 3.49. The van der Waals surface area contributed by atoms with E-state index in [2.05, 4.69) is 4.57 Å². The summed E-state index contributed by atoms with van der Waals surface area (Å²) in [5, 5.41) is 0.551. The predicted molar refractivity (Wildman–Crippen MR) is 74.7 cm³/mol. The van der Waals surface area contributed by atoms with Crippen molar-refractivity contribution in [3.8, 4) is 0 Å². The molecule has 3 aromatic rings. The molecule has 92 valence electrons. The lowest BCUT2D eigenvalue weighted by atomic mass is 10.0. The number of nitrogens with zero attached hydrogens (tertiary/aromatic N) is 1. The number of aryl methyl sites for hydroxylation is 1. The average molecular weight is 260 g/mol. The van der Waals surface area contributed by atoms with Crippen LogP contribution in [0.1, 0.15) is 18.2 Å². The molecule has 0 radical (unpaired) electrons. The molecule has 0 amide bonds. The van der Waals surface area contributed by atoms with Crippen LogP contribution in [0.25, 0.3) is 10.2 Å². The Labute approximate surface area is 111 Å². The van der Waals surface area contributed by atoms with Crippen molar-refractivity contribution in [1.82, 2.24) is 4.57 Å². The van der Waals surface area contributed by atoms with E-state index in [4.69, 9.17) is 1.37 Å². The van der Waals surface area contributed by atoms with Crippen molar-refractivity contribution in [1.29, 1.82) is 0 Å². The maximum absolute atomic E-state index is 13.8. The summed E-state index contributed by atoms with van der Waals surface area (Å²) in [6.45, 7) is 2.05. The highest BCUT2D eigenvalue weighted by atomic mass is 32.1. The molecule has 18 heavy (non-hydrogen) atoms. The number of aromatic nitrogens is 1. The molecular formula is C15H14FNS. The minimum atomic E-state index is -0.165. The van der Waals surface area contributed by atoms with Gasteiger partial charge in [0.05, 0.1) is 11.6 Å². The first-order chi connectivity index (χ1) is 9.08. The zero-order valence-electron chi connectivity index (χ0n) is 11.3. The monoisotopic (exact) mass is 260 g/mol. The van der Waals surface area contributed by atoms with Crippen LogP contribution in [-0.4, -0.2) is 4.57 Å². The maximum atomic E-state index is 13.8. The molecule has 3 rings (SSSR count). The minimum Gasteiger partial charge on any atom is -0.347 e. The van der Waals surface area contributed by atoms with E-state index >= 15 is 0 Å². The van der Waals surface area contributed by atoms with Gasteiger partial charge >= 0.3 is 0 Å². The molecule has 3 heteroatoms. The molecule has 0 aliphatic heterocycles. The fourth-order valence-corrected chi connectivity index (χ4v) is 3.25. The van der Waals surface area contributed by atoms with Gasteiger partial charge in [0.25, 0.3) is 0 Å². The zero-order chi connectivity index (χ0) is 13.6. The Morgan fingerprint density at radius 2 is 2.11 bits per heavy atom. The van der Waals surface area contributed by atoms with Gasteiger partial charge in [-0.1, -0.05) is 18.2 Å². The van der Waals surface area contributed by atoms with Crippen LogP contribution in [0.3, 0.4) is 0 Å². The van der Waals surface area contributed by atoms with Gasteiger partial charge in [0, 0.05) is 19.2 Å². The van der Waals surface area contributed by atoms with Crippen molar-refractivity contribution < 1.29 is 5.76 Å². The molecule has 2 heterocycles. The van der Waals surface area contributed by atoms with Crippen LogP contribution < -0.4 is 0 Å². The van der Waals surface area contributed by atoms with Gasteiger partial charge in [-0.15, -0.1) is 11.3 Å². The minimum absolute atomic E-state index is 0.165. The molecule has 0 fully saturated rings. The van der Waals surface area contributed by atoms with Gasteiger partial charge in [-0.05, 0) is 35.5 Å². The fraction of sp³-hybridized carbons (Fsp3) is 0.200. The third kappa shape index (κ3) is 1.66. The lowest BCUT2D eigenvalue weighted by molar-refractivity contribution is 0.614. The Hall–Kier alpha value is -1.61. The van der Waals surface area contributed by atoms with Crippen LogP contribution in [-0.2, 0) is 13.5 Å². The standard InChI is InChI=1S/C15H14FNS/c1-10-12(9-11-5-3-4-6-13(11)16)15-14(17(10)2)7-8-18-15/h3-8H,9H2,1-2H3/i8D. The van der Waals surface area contributed by atoms with E-state index in [0.717, 1.165) is 21.5 Å². The van der Waals surface area contributed by atoms with Crippen molar-refractivity contribution in [2.75, 3.05) is 0 Å². The van der Waals surface area contributed by atoms with E-state index in [1.165, 1.54) is 17.4 Å². The SMILES string of the molecule is [2H]c1cc2c(s1)c(Cc1ccccc1F)c(C)n2C. The molecule has 1 aromatic carbocycles. The lowest BCUT2D eigenvalue weighted by Gasteiger charge is -2.04. The van der Waals surface area contributed by atoms with Crippen molar-refractivity contribution in [2.24, 2.45) is 7.05 Å². The van der Waals surface area contributed by atoms with Gasteiger partial charge in [-0.25, -0.2) is 4.39 Å². The Morgan fingerprint density at radius 3 is 2.89 bits per heavy atom. The van der Waals surface area contributed by atoms with Crippen molar-refractivity contribution in [2.45, 2.75) is 13.3 Å². The summed E-state index contributed by atoms with van der Waals surface area (Å²) in [6, 6.07) is 8.76. The van der Waals surface area contributed by atoms with Crippen LogP contribution >= 0.6 is 11.3 Å². The predicted octanol–water partition coefficient (Wildman–Crippen LogP) is 4.28. The summed E-state index contributed by atoms with van der Waals surface area (Å²) in [5.74, 6) is -0.165. The van der Waals surface area contributed by atoms with E-state index in [1.54, 1.807) is 6.07 Å². The topological polar surface area (TPSA) is 4.93 Å². The smallest absolute Gasteiger partial charge is 0.126 e. The molecule has 0 spiro atoms. The number of hydrogen-bond donors (Lipinski definition) is 0. The Balaban J connectivity index is 2.15. The van der Waals surface area contributed by atoms with Crippen LogP contribution in [0, 0.1) is 12.7 Å². The van der Waals surface area contributed by atoms with E-state index in [9.17, 15) is 4.39 Å². The summed E-state index contributed by atoms with van der Waals surface area (Å²) in [7, 11) is 1.99. The highest BCUT2D eigenvalue weighted by Crippen LogP contribution is 2.31. The zero-order valence-corrected chi connectivity index (χ0v) is 11.1. The highest BCUT2D eigenvalue weighted by Gasteiger charge is 2.14. The second kappa shape index (κ2) is 4.25. The second-order valence-electron chi connectivity index (χ2n) is 4.47. The number of thiophene rings is 1. The normalized spacial score (nSPS) is 12.1. The molecule has 0 aliphatic rings. The van der Waals surface area contributed by atoms with E-state index in [0.29, 0.717) is 17.3 Å². The van der Waals surface area contributed by atoms with Crippen molar-refractivity contribution in [3.63, 3.8) is 0 Å². The van der Waals surface area contributed by atoms with E-state index in [-0.39, 0.29) is 5.82 Å². The Bertz CT molecular complexity index is 757. The van der Waals surface area contributed by atoms with Gasteiger partial charge in [0.15, 0.2) is 0 Å². The second-order valence-corrected chi connectivity index (χ2v) is 5.32. The van der Waals surface area contributed by atoms with E-state index < -0.39 is 0 Å². The lowest BCUT2D eigenvalue weighted by Crippen LogP contribution is -1.96. The van der Waals surface area contributed by atoms with Crippen molar-refractivity contribution >= 4 is 21.6 Å². The van der Waals surface area contributed by atoms with Gasteiger partial charge < -0.3 is 4.57 Å². The molecule has 0 bridgehead atoms. The molecule has 0 N–H and O–H groups in total. The summed E-state index contributed by atoms with van der Waals surface area (Å²) in [4.78, 5) is 0. The molecule has 0 saturated heterocycles. The van der Waals surface area contributed by atoms with Crippen LogP contribution in [0.5, 0.6) is 0 Å². The first kappa shape index (κ1) is 10.3. The van der Waals surface area contributed by atoms with E-state index in [1.807, 2.05) is 32.2 Å². The highest BCUT2D eigenvalue weighted by molar-refractivity contribution is 7.17. The number of fused-ring (bicyclic) bond motifs is 1. The number of hydrogen-bond acceptors (Lipinski definition) is 1. The molecule has 2 aromatic heterocycles. The number of rotatable bonds is 2. The molecule has 0 aliphatic carbocycles. The van der Waals surface area contributed by atoms with Crippen LogP contribution in [0.15, 0.2) is 35.7 Å². The largest absolute Gasteiger partial charge is 0.347 e. The summed E-state index contributed by atoms with van der Waals surface area (Å²) in [5.41, 5.74) is 4.05. The Morgan fingerprint density at radius 1 is 1.33 bits per heavy atom. The fourth-order valence-electron chi connectivity index (χ4n) is 2.32. The number of benzene rings is 1. The van der Waals surface area contributed by atoms with Crippen LogP contribution in [0.4, 0.5) is 4.39 Å². The summed E-state index contributed by atoms with van der Waals surface area (Å²) >= 11 is 1.46.